The molecule has 0 bridgehead atoms. The molecule has 1 saturated carbocycles. The second-order valence-electron chi connectivity index (χ2n) is 6.51. The van der Waals surface area contributed by atoms with Gasteiger partial charge in [-0.15, -0.1) is 0 Å². The van der Waals surface area contributed by atoms with Gasteiger partial charge in [0.25, 0.3) is 0 Å². The maximum absolute atomic E-state index is 10.7. The molecule has 5 nitrogen and oxygen atoms in total. The van der Waals surface area contributed by atoms with Gasteiger partial charge < -0.3 is 14.8 Å². The summed E-state index contributed by atoms with van der Waals surface area (Å²) in [6, 6.07) is 4.08. The highest BCUT2D eigenvalue weighted by Crippen LogP contribution is 2.41. The fraction of sp³-hybridized carbons (Fsp3) is 0.529. The third-order valence-corrected chi connectivity index (χ3v) is 5.18. The van der Waals surface area contributed by atoms with Crippen LogP contribution >= 0.6 is 0 Å². The largest absolute Gasteiger partial charge is 0.393 e. The molecule has 0 amide bonds. The lowest BCUT2D eigenvalue weighted by Crippen LogP contribution is -2.29. The molecule has 22 heavy (non-hydrogen) atoms. The second-order valence-corrected chi connectivity index (χ2v) is 6.51. The van der Waals surface area contributed by atoms with E-state index in [1.807, 2.05) is 24.8 Å². The number of pyridine rings is 1. The summed E-state index contributed by atoms with van der Waals surface area (Å²) in [5.74, 6) is 0.281. The summed E-state index contributed by atoms with van der Waals surface area (Å²) >= 11 is 0. The van der Waals surface area contributed by atoms with E-state index in [1.54, 1.807) is 0 Å². The topological polar surface area (TPSA) is 71.2 Å². The second kappa shape index (κ2) is 5.48. The van der Waals surface area contributed by atoms with E-state index in [0.717, 1.165) is 42.6 Å². The van der Waals surface area contributed by atoms with Crippen LogP contribution in [0.2, 0.25) is 0 Å². The van der Waals surface area contributed by atoms with Crippen molar-refractivity contribution in [2.75, 3.05) is 0 Å². The first kappa shape index (κ1) is 13.9. The summed E-state index contributed by atoms with van der Waals surface area (Å²) in [4.78, 5) is 8.78. The van der Waals surface area contributed by atoms with E-state index in [4.69, 9.17) is 0 Å². The predicted molar refractivity (Wildman–Crippen MR) is 82.2 cm³/mol. The van der Waals surface area contributed by atoms with E-state index in [9.17, 15) is 10.2 Å². The highest BCUT2D eigenvalue weighted by molar-refractivity contribution is 5.66. The van der Waals surface area contributed by atoms with Crippen molar-refractivity contribution in [3.05, 3.63) is 36.5 Å². The first-order valence-corrected chi connectivity index (χ1v) is 8.07. The first-order chi connectivity index (χ1) is 10.7. The Labute approximate surface area is 129 Å². The van der Waals surface area contributed by atoms with Crippen molar-refractivity contribution >= 4 is 0 Å². The molecular weight excluding hydrogens is 278 g/mol. The lowest BCUT2D eigenvalue weighted by molar-refractivity contribution is 0.0327. The third-order valence-electron chi connectivity index (χ3n) is 5.18. The van der Waals surface area contributed by atoms with Crippen LogP contribution in [0.1, 0.15) is 43.8 Å². The average Bonchev–Trinajstić information content (AvgIpc) is 3.11. The van der Waals surface area contributed by atoms with Gasteiger partial charge in [0, 0.05) is 18.2 Å². The Balaban J connectivity index is 1.56. The molecular formula is C17H21N3O2. The Morgan fingerprint density at radius 2 is 2.09 bits per heavy atom. The average molecular weight is 299 g/mol. The highest BCUT2D eigenvalue weighted by atomic mass is 16.3. The molecule has 5 heteroatoms. The van der Waals surface area contributed by atoms with Crippen LogP contribution in [-0.2, 0) is 0 Å². The first-order valence-electron chi connectivity index (χ1n) is 8.07. The summed E-state index contributed by atoms with van der Waals surface area (Å²) in [7, 11) is 0. The van der Waals surface area contributed by atoms with E-state index in [0.29, 0.717) is 6.42 Å². The maximum Gasteiger partial charge on any atom is 0.0957 e. The number of imidazole rings is 1. The fourth-order valence-electron chi connectivity index (χ4n) is 3.93. The molecule has 1 aliphatic heterocycles. The van der Waals surface area contributed by atoms with E-state index in [1.165, 1.54) is 0 Å². The number of hydrogen-bond donors (Lipinski definition) is 2. The summed E-state index contributed by atoms with van der Waals surface area (Å²) in [6.07, 6.45) is 9.04. The van der Waals surface area contributed by atoms with E-state index < -0.39 is 0 Å². The summed E-state index contributed by atoms with van der Waals surface area (Å²) in [5.41, 5.74) is 3.24. The molecule has 3 heterocycles. The quantitative estimate of drug-likeness (QED) is 0.911. The molecule has 1 fully saturated rings. The Bertz CT molecular complexity index is 661. The Hall–Kier alpha value is -1.72. The zero-order chi connectivity index (χ0) is 15.1. The van der Waals surface area contributed by atoms with Crippen LogP contribution in [0.15, 0.2) is 30.9 Å². The number of rotatable bonds is 3. The van der Waals surface area contributed by atoms with Gasteiger partial charge in [0.15, 0.2) is 0 Å². The summed E-state index contributed by atoms with van der Waals surface area (Å²) < 4.78 is 2.12. The molecule has 0 radical (unpaired) electrons. The molecule has 2 atom stereocenters. The minimum atomic E-state index is -0.360. The van der Waals surface area contributed by atoms with Crippen LogP contribution in [0.4, 0.5) is 0 Å². The van der Waals surface area contributed by atoms with Crippen molar-refractivity contribution in [2.45, 2.75) is 50.4 Å². The van der Waals surface area contributed by atoms with Crippen molar-refractivity contribution in [1.82, 2.24) is 14.5 Å². The van der Waals surface area contributed by atoms with Crippen molar-refractivity contribution in [3.63, 3.8) is 0 Å². The molecule has 2 unspecified atom stereocenters. The molecule has 116 valence electrons. The molecule has 1 aliphatic carbocycles. The van der Waals surface area contributed by atoms with Crippen LogP contribution in [-0.4, -0.2) is 37.0 Å². The number of fused-ring (bicyclic) bond motifs is 3. The van der Waals surface area contributed by atoms with Crippen molar-refractivity contribution < 1.29 is 10.2 Å². The van der Waals surface area contributed by atoms with Gasteiger partial charge in [0.05, 0.1) is 42.2 Å². The van der Waals surface area contributed by atoms with Crippen LogP contribution in [0, 0.1) is 5.92 Å². The summed E-state index contributed by atoms with van der Waals surface area (Å²) in [6.45, 7) is 0. The van der Waals surface area contributed by atoms with Gasteiger partial charge in [-0.3, -0.25) is 4.98 Å². The monoisotopic (exact) mass is 299 g/mol. The van der Waals surface area contributed by atoms with E-state index >= 15 is 0 Å². The number of aliphatic hydroxyl groups excluding tert-OH is 2. The number of nitrogens with zero attached hydrogens (tertiary/aromatic N) is 3. The molecule has 0 spiro atoms. The van der Waals surface area contributed by atoms with Gasteiger partial charge in [-0.2, -0.15) is 0 Å². The van der Waals surface area contributed by atoms with Gasteiger partial charge in [-0.1, -0.05) is 0 Å². The summed E-state index contributed by atoms with van der Waals surface area (Å²) in [5, 5.41) is 20.3. The third kappa shape index (κ3) is 2.25. The van der Waals surface area contributed by atoms with Crippen LogP contribution in [0.5, 0.6) is 0 Å². The fourth-order valence-corrected chi connectivity index (χ4v) is 3.93. The highest BCUT2D eigenvalue weighted by Gasteiger charge is 2.34. The van der Waals surface area contributed by atoms with Crippen LogP contribution < -0.4 is 0 Å². The smallest absolute Gasteiger partial charge is 0.0957 e. The molecule has 0 saturated heterocycles. The molecule has 0 aromatic carbocycles. The van der Waals surface area contributed by atoms with Crippen LogP contribution in [0.25, 0.3) is 11.3 Å². The maximum atomic E-state index is 10.7. The van der Waals surface area contributed by atoms with Gasteiger partial charge in [0.2, 0.25) is 0 Å². The minimum absolute atomic E-state index is 0.0653. The van der Waals surface area contributed by atoms with Crippen molar-refractivity contribution in [1.29, 1.82) is 0 Å². The standard InChI is InChI=1S/C17H21N3O2/c21-12-5-3-11(4-6-12)16(22)8-14-17-13(2-1-7-19-17)15-9-18-10-20(14)15/h1-2,7,9-12,14,16,21-22H,3-6,8H2. The molecule has 2 aromatic heterocycles. The van der Waals surface area contributed by atoms with Gasteiger partial charge in [-0.25, -0.2) is 4.98 Å². The Kier molecular flexibility index (Phi) is 3.47. The number of aliphatic hydroxyl groups is 2. The van der Waals surface area contributed by atoms with Gasteiger partial charge >= 0.3 is 0 Å². The van der Waals surface area contributed by atoms with Gasteiger partial charge in [-0.05, 0) is 43.7 Å². The van der Waals surface area contributed by atoms with Gasteiger partial charge in [0.1, 0.15) is 0 Å². The number of aromatic nitrogens is 3. The van der Waals surface area contributed by atoms with Crippen LogP contribution in [0.3, 0.4) is 0 Å². The SMILES string of the molecule is OC1CCC(C(O)CC2c3ncccc3-c3cncn32)CC1. The predicted octanol–water partition coefficient (Wildman–Crippen LogP) is 2.15. The molecule has 2 N–H and O–H groups in total. The van der Waals surface area contributed by atoms with E-state index in [2.05, 4.69) is 20.6 Å². The Morgan fingerprint density at radius 1 is 1.27 bits per heavy atom. The lowest BCUT2D eigenvalue weighted by atomic mass is 9.81. The molecule has 2 aliphatic rings. The molecule has 2 aromatic rings. The number of hydrogen-bond acceptors (Lipinski definition) is 4. The minimum Gasteiger partial charge on any atom is -0.393 e. The zero-order valence-corrected chi connectivity index (χ0v) is 12.5. The zero-order valence-electron chi connectivity index (χ0n) is 12.5. The van der Waals surface area contributed by atoms with E-state index in [-0.39, 0.29) is 24.2 Å². The Morgan fingerprint density at radius 3 is 2.91 bits per heavy atom. The van der Waals surface area contributed by atoms with Crippen molar-refractivity contribution in [2.24, 2.45) is 5.92 Å². The molecule has 4 rings (SSSR count). The lowest BCUT2D eigenvalue weighted by Gasteiger charge is -2.30. The normalized spacial score (nSPS) is 28.2. The van der Waals surface area contributed by atoms with Crippen molar-refractivity contribution in [3.8, 4) is 11.3 Å².